The Morgan fingerprint density at radius 3 is 2.55 bits per heavy atom. The van der Waals surface area contributed by atoms with Crippen molar-refractivity contribution < 1.29 is 22.3 Å². The number of hydrogen-bond donors (Lipinski definition) is 1. The number of amides is 1. The molecule has 2 aromatic carbocycles. The van der Waals surface area contributed by atoms with E-state index in [1.807, 2.05) is 0 Å². The Kier molecular flexibility index (Phi) is 7.68. The molecule has 0 spiro atoms. The summed E-state index contributed by atoms with van der Waals surface area (Å²) in [5, 5.41) is 2.81. The molecule has 0 aromatic heterocycles. The number of benzene rings is 2. The lowest BCUT2D eigenvalue weighted by molar-refractivity contribution is -0.119. The molecule has 0 heterocycles. The Labute approximate surface area is 182 Å². The molecule has 1 N–H and O–H groups in total. The van der Waals surface area contributed by atoms with Crippen LogP contribution < -0.4 is 14.4 Å². The summed E-state index contributed by atoms with van der Waals surface area (Å²) < 4.78 is 46.3. The number of para-hydroxylation sites is 2. The van der Waals surface area contributed by atoms with Crippen molar-refractivity contribution >= 4 is 21.6 Å². The van der Waals surface area contributed by atoms with Crippen LogP contribution in [0.2, 0.25) is 0 Å². The third-order valence-corrected chi connectivity index (χ3v) is 6.97. The molecular weight excluding hydrogens is 419 g/mol. The molecule has 0 unspecified atom stereocenters. The van der Waals surface area contributed by atoms with Gasteiger partial charge in [-0.3, -0.25) is 9.10 Å². The molecule has 0 saturated heterocycles. The zero-order valence-electron chi connectivity index (χ0n) is 17.5. The summed E-state index contributed by atoms with van der Waals surface area (Å²) in [6.45, 7) is 0.0279. The molecule has 0 radical (unpaired) electrons. The molecule has 2 aromatic rings. The van der Waals surface area contributed by atoms with E-state index in [4.69, 9.17) is 4.74 Å². The van der Waals surface area contributed by atoms with E-state index in [1.165, 1.54) is 31.2 Å². The van der Waals surface area contributed by atoms with Gasteiger partial charge in [-0.15, -0.1) is 0 Å². The van der Waals surface area contributed by atoms with E-state index in [0.29, 0.717) is 12.3 Å². The Balaban J connectivity index is 1.81. The number of nitrogens with one attached hydrogen (secondary N) is 1. The first kappa shape index (κ1) is 22.8. The minimum Gasteiger partial charge on any atom is -0.495 e. The Hall–Kier alpha value is -2.87. The number of carbonyl (C=O) groups excluding carboxylic acids is 1. The summed E-state index contributed by atoms with van der Waals surface area (Å²) in [5.74, 6) is -0.654. The highest BCUT2D eigenvalue weighted by molar-refractivity contribution is 7.92. The zero-order valence-corrected chi connectivity index (χ0v) is 18.3. The van der Waals surface area contributed by atoms with E-state index >= 15 is 0 Å². The fourth-order valence-electron chi connectivity index (χ4n) is 3.55. The van der Waals surface area contributed by atoms with E-state index < -0.39 is 28.3 Å². The molecule has 1 aliphatic rings. The summed E-state index contributed by atoms with van der Waals surface area (Å²) in [4.78, 5) is 12.6. The van der Waals surface area contributed by atoms with Crippen LogP contribution in [0.1, 0.15) is 32.1 Å². The molecule has 0 saturated carbocycles. The zero-order chi connectivity index (χ0) is 22.3. The second-order valence-electron chi connectivity index (χ2n) is 7.35. The summed E-state index contributed by atoms with van der Waals surface area (Å²) in [5.41, 5.74) is 1.56. The molecule has 0 fully saturated rings. The van der Waals surface area contributed by atoms with Gasteiger partial charge in [0.2, 0.25) is 5.91 Å². The van der Waals surface area contributed by atoms with Gasteiger partial charge in [-0.05, 0) is 68.5 Å². The molecule has 31 heavy (non-hydrogen) atoms. The van der Waals surface area contributed by atoms with Crippen LogP contribution in [0.25, 0.3) is 0 Å². The summed E-state index contributed by atoms with van der Waals surface area (Å²) in [7, 11) is -2.70. The maximum absolute atomic E-state index is 13.3. The van der Waals surface area contributed by atoms with Gasteiger partial charge in [0.1, 0.15) is 18.1 Å². The van der Waals surface area contributed by atoms with E-state index in [2.05, 4.69) is 11.4 Å². The first-order valence-corrected chi connectivity index (χ1v) is 11.7. The third kappa shape index (κ3) is 5.85. The van der Waals surface area contributed by atoms with Crippen molar-refractivity contribution in [2.75, 3.05) is 24.5 Å². The second-order valence-corrected chi connectivity index (χ2v) is 9.21. The van der Waals surface area contributed by atoms with Gasteiger partial charge in [-0.25, -0.2) is 12.8 Å². The second kappa shape index (κ2) is 10.4. The van der Waals surface area contributed by atoms with Crippen LogP contribution >= 0.6 is 0 Å². The van der Waals surface area contributed by atoms with Crippen LogP contribution in [0.5, 0.6) is 5.75 Å². The monoisotopic (exact) mass is 446 g/mol. The number of rotatable bonds is 9. The van der Waals surface area contributed by atoms with Gasteiger partial charge in [-0.2, -0.15) is 0 Å². The summed E-state index contributed by atoms with van der Waals surface area (Å²) in [6, 6.07) is 11.1. The summed E-state index contributed by atoms with van der Waals surface area (Å²) >= 11 is 0. The van der Waals surface area contributed by atoms with E-state index in [1.54, 1.807) is 24.3 Å². The quantitative estimate of drug-likeness (QED) is 0.590. The standard InChI is InChI=1S/C23H27FN2O4S/c1-30-22-10-6-5-9-21(22)26(31(28,29)20-13-11-19(24)12-14-20)17-23(27)25-16-15-18-7-3-2-4-8-18/h5-7,9-14H,2-4,8,15-17H2,1H3,(H,25,27). The number of anilines is 1. The van der Waals surface area contributed by atoms with Crippen molar-refractivity contribution in [3.63, 3.8) is 0 Å². The summed E-state index contributed by atoms with van der Waals surface area (Å²) in [6.07, 6.45) is 7.45. The molecule has 6 nitrogen and oxygen atoms in total. The number of allylic oxidation sites excluding steroid dienone is 1. The Bertz CT molecular complexity index is 1040. The lowest BCUT2D eigenvalue weighted by Crippen LogP contribution is -2.41. The molecule has 1 aliphatic carbocycles. The van der Waals surface area contributed by atoms with Crippen LogP contribution in [-0.2, 0) is 14.8 Å². The molecular formula is C23H27FN2O4S. The first-order valence-electron chi connectivity index (χ1n) is 10.3. The van der Waals surface area contributed by atoms with Gasteiger partial charge in [0, 0.05) is 6.54 Å². The van der Waals surface area contributed by atoms with Crippen LogP contribution in [-0.4, -0.2) is 34.5 Å². The van der Waals surface area contributed by atoms with Crippen molar-refractivity contribution in [3.8, 4) is 5.75 Å². The maximum atomic E-state index is 13.3. The highest BCUT2D eigenvalue weighted by atomic mass is 32.2. The molecule has 3 rings (SSSR count). The van der Waals surface area contributed by atoms with E-state index in [9.17, 15) is 17.6 Å². The third-order valence-electron chi connectivity index (χ3n) is 5.20. The topological polar surface area (TPSA) is 75.7 Å². The molecule has 1 amide bonds. The van der Waals surface area contributed by atoms with Crippen LogP contribution in [0, 0.1) is 5.82 Å². The SMILES string of the molecule is COc1ccccc1N(CC(=O)NCCC1=CCCCC1)S(=O)(=O)c1ccc(F)cc1. The molecule has 0 bridgehead atoms. The minimum atomic E-state index is -4.13. The van der Waals surface area contributed by atoms with E-state index in [-0.39, 0.29) is 10.6 Å². The smallest absolute Gasteiger partial charge is 0.264 e. The lowest BCUT2D eigenvalue weighted by Gasteiger charge is -2.25. The van der Waals surface area contributed by atoms with Crippen molar-refractivity contribution in [1.29, 1.82) is 0 Å². The fraction of sp³-hybridized carbons (Fsp3) is 0.348. The van der Waals surface area contributed by atoms with Gasteiger partial charge in [0.15, 0.2) is 0 Å². The molecule has 0 aliphatic heterocycles. The number of sulfonamides is 1. The first-order chi connectivity index (χ1) is 14.9. The predicted molar refractivity (Wildman–Crippen MR) is 118 cm³/mol. The average molecular weight is 447 g/mol. The van der Waals surface area contributed by atoms with Crippen LogP contribution in [0.3, 0.4) is 0 Å². The van der Waals surface area contributed by atoms with Gasteiger partial charge in [-0.1, -0.05) is 23.8 Å². The van der Waals surface area contributed by atoms with Crippen LogP contribution in [0.15, 0.2) is 65.1 Å². The van der Waals surface area contributed by atoms with Crippen molar-refractivity contribution in [2.45, 2.75) is 37.0 Å². The normalized spacial score (nSPS) is 13.9. The predicted octanol–water partition coefficient (Wildman–Crippen LogP) is 4.04. The fourth-order valence-corrected chi connectivity index (χ4v) is 4.98. The number of halogens is 1. The largest absolute Gasteiger partial charge is 0.495 e. The van der Waals surface area contributed by atoms with Gasteiger partial charge in [0.05, 0.1) is 17.7 Å². The van der Waals surface area contributed by atoms with Crippen LogP contribution in [0.4, 0.5) is 10.1 Å². The highest BCUT2D eigenvalue weighted by Crippen LogP contribution is 2.32. The number of nitrogens with zero attached hydrogens (tertiary/aromatic N) is 1. The van der Waals surface area contributed by atoms with Gasteiger partial charge in [0.25, 0.3) is 10.0 Å². The van der Waals surface area contributed by atoms with Gasteiger partial charge >= 0.3 is 0 Å². The number of ether oxygens (including phenoxy) is 1. The highest BCUT2D eigenvalue weighted by Gasteiger charge is 2.29. The van der Waals surface area contributed by atoms with E-state index in [0.717, 1.165) is 42.1 Å². The molecule has 166 valence electrons. The van der Waals surface area contributed by atoms with Crippen molar-refractivity contribution in [3.05, 3.63) is 66.0 Å². The Morgan fingerprint density at radius 1 is 1.13 bits per heavy atom. The molecule has 0 atom stereocenters. The molecule has 8 heteroatoms. The maximum Gasteiger partial charge on any atom is 0.264 e. The number of carbonyl (C=O) groups is 1. The number of methoxy groups -OCH3 is 1. The van der Waals surface area contributed by atoms with Crippen molar-refractivity contribution in [2.24, 2.45) is 0 Å². The Morgan fingerprint density at radius 2 is 1.87 bits per heavy atom. The van der Waals surface area contributed by atoms with Crippen molar-refractivity contribution in [1.82, 2.24) is 5.32 Å². The van der Waals surface area contributed by atoms with Gasteiger partial charge < -0.3 is 10.1 Å². The average Bonchev–Trinajstić information content (AvgIpc) is 2.78. The lowest BCUT2D eigenvalue weighted by atomic mass is 9.97. The number of hydrogen-bond acceptors (Lipinski definition) is 4. The minimum absolute atomic E-state index is 0.111.